The molecule has 94 valence electrons. The van der Waals surface area contributed by atoms with Crippen LogP contribution in [-0.4, -0.2) is 12.0 Å². The van der Waals surface area contributed by atoms with Gasteiger partial charge in [-0.25, -0.2) is 0 Å². The first-order valence-electron chi connectivity index (χ1n) is 5.97. The maximum Gasteiger partial charge on any atom is 0.0804 e. The quantitative estimate of drug-likeness (QED) is 0.911. The molecule has 0 saturated carbocycles. The molecule has 0 aliphatic rings. The topological polar surface area (TPSA) is 24.9 Å². The van der Waals surface area contributed by atoms with Gasteiger partial charge in [0.15, 0.2) is 0 Å². The van der Waals surface area contributed by atoms with E-state index in [1.54, 1.807) is 6.20 Å². The van der Waals surface area contributed by atoms with Crippen LogP contribution in [0, 0.1) is 13.8 Å². The van der Waals surface area contributed by atoms with Crippen LogP contribution in [0.25, 0.3) is 0 Å². The first kappa shape index (κ1) is 13.1. The predicted molar refractivity (Wildman–Crippen MR) is 76.1 cm³/mol. The van der Waals surface area contributed by atoms with Crippen molar-refractivity contribution in [2.45, 2.75) is 19.9 Å². The second kappa shape index (κ2) is 5.51. The molecule has 0 aliphatic heterocycles. The Morgan fingerprint density at radius 1 is 1.17 bits per heavy atom. The van der Waals surface area contributed by atoms with Crippen LogP contribution in [0.15, 0.2) is 36.5 Å². The fourth-order valence-corrected chi connectivity index (χ4v) is 2.48. The molecule has 0 aliphatic carbocycles. The number of nitrogens with one attached hydrogen (secondary N) is 1. The monoisotopic (exact) mass is 260 g/mol. The maximum absolute atomic E-state index is 6.22. The zero-order valence-corrected chi connectivity index (χ0v) is 11.6. The SMILES string of the molecule is CNC(c1cc(C)cc(C)c1)c1ncccc1Cl. The van der Waals surface area contributed by atoms with Crippen molar-refractivity contribution in [1.82, 2.24) is 10.3 Å². The highest BCUT2D eigenvalue weighted by molar-refractivity contribution is 6.31. The van der Waals surface area contributed by atoms with E-state index < -0.39 is 0 Å². The molecule has 2 rings (SSSR count). The lowest BCUT2D eigenvalue weighted by Crippen LogP contribution is -2.19. The van der Waals surface area contributed by atoms with Crippen molar-refractivity contribution in [2.24, 2.45) is 0 Å². The molecule has 0 amide bonds. The molecule has 2 nitrogen and oxygen atoms in total. The number of aryl methyl sites for hydroxylation is 2. The second-order valence-electron chi connectivity index (χ2n) is 4.51. The molecule has 0 fully saturated rings. The number of aromatic nitrogens is 1. The van der Waals surface area contributed by atoms with Crippen LogP contribution in [-0.2, 0) is 0 Å². The molecule has 1 aromatic carbocycles. The van der Waals surface area contributed by atoms with Crippen molar-refractivity contribution in [3.8, 4) is 0 Å². The third-order valence-corrected chi connectivity index (χ3v) is 3.25. The zero-order valence-electron chi connectivity index (χ0n) is 10.9. The first-order chi connectivity index (χ1) is 8.61. The van der Waals surface area contributed by atoms with Crippen LogP contribution < -0.4 is 5.32 Å². The van der Waals surface area contributed by atoms with Crippen molar-refractivity contribution in [2.75, 3.05) is 7.05 Å². The molecule has 0 spiro atoms. The zero-order chi connectivity index (χ0) is 13.1. The molecule has 2 aromatic rings. The normalized spacial score (nSPS) is 12.4. The molecule has 0 radical (unpaired) electrons. The fraction of sp³-hybridized carbons (Fsp3) is 0.267. The van der Waals surface area contributed by atoms with E-state index in [2.05, 4.69) is 42.3 Å². The van der Waals surface area contributed by atoms with Crippen LogP contribution in [0.5, 0.6) is 0 Å². The highest BCUT2D eigenvalue weighted by Crippen LogP contribution is 2.27. The number of rotatable bonds is 3. The van der Waals surface area contributed by atoms with Crippen molar-refractivity contribution in [3.05, 3.63) is 63.9 Å². The summed E-state index contributed by atoms with van der Waals surface area (Å²) in [6, 6.07) is 10.2. The lowest BCUT2D eigenvalue weighted by molar-refractivity contribution is 0.670. The molecule has 1 N–H and O–H groups in total. The summed E-state index contributed by atoms with van der Waals surface area (Å²) in [7, 11) is 1.92. The molecule has 0 saturated heterocycles. The van der Waals surface area contributed by atoms with Gasteiger partial charge in [-0.1, -0.05) is 40.9 Å². The number of hydrogen-bond acceptors (Lipinski definition) is 2. The van der Waals surface area contributed by atoms with E-state index >= 15 is 0 Å². The van der Waals surface area contributed by atoms with Gasteiger partial charge < -0.3 is 5.32 Å². The van der Waals surface area contributed by atoms with E-state index in [9.17, 15) is 0 Å². The van der Waals surface area contributed by atoms with Crippen LogP contribution >= 0.6 is 11.6 Å². The average molecular weight is 261 g/mol. The predicted octanol–water partition coefficient (Wildman–Crippen LogP) is 3.66. The van der Waals surface area contributed by atoms with Crippen molar-refractivity contribution >= 4 is 11.6 Å². The van der Waals surface area contributed by atoms with E-state index in [1.165, 1.54) is 16.7 Å². The van der Waals surface area contributed by atoms with Gasteiger partial charge in [0.25, 0.3) is 0 Å². The van der Waals surface area contributed by atoms with Gasteiger partial charge in [-0.05, 0) is 38.6 Å². The number of halogens is 1. The number of hydrogen-bond donors (Lipinski definition) is 1. The highest BCUT2D eigenvalue weighted by atomic mass is 35.5. The molecule has 0 bridgehead atoms. The number of nitrogens with zero attached hydrogens (tertiary/aromatic N) is 1. The summed E-state index contributed by atoms with van der Waals surface area (Å²) in [4.78, 5) is 4.39. The van der Waals surface area contributed by atoms with Gasteiger partial charge in [-0.15, -0.1) is 0 Å². The highest BCUT2D eigenvalue weighted by Gasteiger charge is 2.16. The largest absolute Gasteiger partial charge is 0.308 e. The Hall–Kier alpha value is -1.38. The van der Waals surface area contributed by atoms with Gasteiger partial charge >= 0.3 is 0 Å². The van der Waals surface area contributed by atoms with E-state index in [4.69, 9.17) is 11.6 Å². The Bertz CT molecular complexity index is 532. The number of pyridine rings is 1. The lowest BCUT2D eigenvalue weighted by atomic mass is 9.99. The molecular formula is C15H17ClN2. The average Bonchev–Trinajstić information content (AvgIpc) is 2.31. The van der Waals surface area contributed by atoms with E-state index in [1.807, 2.05) is 19.2 Å². The standard InChI is InChI=1S/C15H17ClN2/c1-10-7-11(2)9-12(8-10)14(17-3)15-13(16)5-4-6-18-15/h4-9,14,17H,1-3H3. The van der Waals surface area contributed by atoms with Crippen molar-refractivity contribution < 1.29 is 0 Å². The molecule has 1 aromatic heterocycles. The van der Waals surface area contributed by atoms with Gasteiger partial charge in [-0.3, -0.25) is 4.98 Å². The number of benzene rings is 1. The summed E-state index contributed by atoms with van der Waals surface area (Å²) >= 11 is 6.22. The summed E-state index contributed by atoms with van der Waals surface area (Å²) < 4.78 is 0. The van der Waals surface area contributed by atoms with Crippen molar-refractivity contribution in [1.29, 1.82) is 0 Å². The summed E-state index contributed by atoms with van der Waals surface area (Å²) in [6.07, 6.45) is 1.77. The summed E-state index contributed by atoms with van der Waals surface area (Å²) in [5.41, 5.74) is 4.55. The minimum atomic E-state index is 0.0253. The Labute approximate surface area is 113 Å². The molecule has 1 unspecified atom stereocenters. The van der Waals surface area contributed by atoms with Crippen LogP contribution in [0.3, 0.4) is 0 Å². The van der Waals surface area contributed by atoms with E-state index in [0.29, 0.717) is 5.02 Å². The third-order valence-electron chi connectivity index (χ3n) is 2.93. The molecular weight excluding hydrogens is 244 g/mol. The van der Waals surface area contributed by atoms with Gasteiger partial charge in [-0.2, -0.15) is 0 Å². The Balaban J connectivity index is 2.48. The Morgan fingerprint density at radius 3 is 2.39 bits per heavy atom. The third kappa shape index (κ3) is 2.71. The summed E-state index contributed by atoms with van der Waals surface area (Å²) in [5, 5.41) is 3.97. The van der Waals surface area contributed by atoms with Crippen molar-refractivity contribution in [3.63, 3.8) is 0 Å². The van der Waals surface area contributed by atoms with Crippen LogP contribution in [0.1, 0.15) is 28.4 Å². The van der Waals surface area contributed by atoms with Gasteiger partial charge in [0.2, 0.25) is 0 Å². The summed E-state index contributed by atoms with van der Waals surface area (Å²) in [6.45, 7) is 4.20. The molecule has 1 heterocycles. The summed E-state index contributed by atoms with van der Waals surface area (Å²) in [5.74, 6) is 0. The van der Waals surface area contributed by atoms with Gasteiger partial charge in [0, 0.05) is 6.20 Å². The van der Waals surface area contributed by atoms with Crippen LogP contribution in [0.4, 0.5) is 0 Å². The Kier molecular flexibility index (Phi) is 4.00. The van der Waals surface area contributed by atoms with Gasteiger partial charge in [0.05, 0.1) is 16.8 Å². The van der Waals surface area contributed by atoms with Crippen LogP contribution in [0.2, 0.25) is 5.02 Å². The smallest absolute Gasteiger partial charge is 0.0804 e. The fourth-order valence-electron chi connectivity index (χ4n) is 2.25. The maximum atomic E-state index is 6.22. The lowest BCUT2D eigenvalue weighted by Gasteiger charge is -2.18. The second-order valence-corrected chi connectivity index (χ2v) is 4.92. The molecule has 3 heteroatoms. The molecule has 1 atom stereocenters. The van der Waals surface area contributed by atoms with E-state index in [-0.39, 0.29) is 6.04 Å². The first-order valence-corrected chi connectivity index (χ1v) is 6.35. The minimum absolute atomic E-state index is 0.0253. The Morgan fingerprint density at radius 2 is 1.83 bits per heavy atom. The van der Waals surface area contributed by atoms with E-state index in [0.717, 1.165) is 5.69 Å². The van der Waals surface area contributed by atoms with Gasteiger partial charge in [0.1, 0.15) is 0 Å². The molecule has 18 heavy (non-hydrogen) atoms. The minimum Gasteiger partial charge on any atom is -0.308 e.